The number of piperidine rings is 1. The zero-order valence-corrected chi connectivity index (χ0v) is 16.7. The highest BCUT2D eigenvalue weighted by Crippen LogP contribution is 2.22. The Hall–Kier alpha value is -2.38. The molecule has 2 aliphatic rings. The molecule has 2 aromatic rings. The number of amides is 2. The predicted molar refractivity (Wildman–Crippen MR) is 110 cm³/mol. The van der Waals surface area contributed by atoms with E-state index >= 15 is 0 Å². The number of hydrogen-bond donors (Lipinski definition) is 3. The van der Waals surface area contributed by atoms with Gasteiger partial charge < -0.3 is 16.0 Å². The van der Waals surface area contributed by atoms with Crippen molar-refractivity contribution < 1.29 is 9.59 Å². The van der Waals surface area contributed by atoms with Crippen molar-refractivity contribution in [1.82, 2.24) is 20.4 Å². The average molecular weight is 404 g/mol. The molecular formula is C20H26ClN5O2. The zero-order valence-electron chi connectivity index (χ0n) is 15.9. The minimum atomic E-state index is -0.264. The fourth-order valence-corrected chi connectivity index (χ4v) is 3.30. The van der Waals surface area contributed by atoms with Gasteiger partial charge in [0.25, 0.3) is 11.8 Å². The Balaban J connectivity index is 0.00000225. The number of aromatic nitrogens is 2. The van der Waals surface area contributed by atoms with E-state index in [1.54, 1.807) is 18.2 Å². The van der Waals surface area contributed by atoms with E-state index in [2.05, 4.69) is 21.0 Å². The summed E-state index contributed by atoms with van der Waals surface area (Å²) in [6, 6.07) is 7.69. The molecule has 8 heteroatoms. The molecule has 1 saturated carbocycles. The van der Waals surface area contributed by atoms with Crippen molar-refractivity contribution in [3.63, 3.8) is 0 Å². The summed E-state index contributed by atoms with van der Waals surface area (Å²) in [5.41, 5.74) is 2.48. The van der Waals surface area contributed by atoms with Gasteiger partial charge in [-0.15, -0.1) is 12.4 Å². The Morgan fingerprint density at radius 3 is 2.71 bits per heavy atom. The van der Waals surface area contributed by atoms with Crippen LogP contribution >= 0.6 is 12.4 Å². The van der Waals surface area contributed by atoms with Crippen LogP contribution in [0.25, 0.3) is 0 Å². The van der Waals surface area contributed by atoms with Gasteiger partial charge >= 0.3 is 0 Å². The van der Waals surface area contributed by atoms with Gasteiger partial charge in [0.15, 0.2) is 5.69 Å². The third-order valence-electron chi connectivity index (χ3n) is 5.15. The lowest BCUT2D eigenvalue weighted by molar-refractivity contribution is 0.0949. The molecule has 1 aliphatic heterocycles. The van der Waals surface area contributed by atoms with Crippen LogP contribution in [0.4, 0.5) is 5.69 Å². The number of rotatable bonds is 5. The summed E-state index contributed by atoms with van der Waals surface area (Å²) >= 11 is 0. The summed E-state index contributed by atoms with van der Waals surface area (Å²) in [5.74, 6) is -0.359. The highest BCUT2D eigenvalue weighted by atomic mass is 35.5. The maximum absolute atomic E-state index is 12.6. The Morgan fingerprint density at radius 2 is 2.00 bits per heavy atom. The maximum atomic E-state index is 12.6. The Bertz CT molecular complexity index is 856. The van der Waals surface area contributed by atoms with Crippen molar-refractivity contribution in [2.24, 2.45) is 0 Å². The minimum Gasteiger partial charge on any atom is -0.349 e. The molecule has 150 valence electrons. The molecule has 4 rings (SSSR count). The van der Waals surface area contributed by atoms with Gasteiger partial charge in [0, 0.05) is 30.0 Å². The largest absolute Gasteiger partial charge is 0.349 e. The Labute approximate surface area is 170 Å². The maximum Gasteiger partial charge on any atom is 0.276 e. The van der Waals surface area contributed by atoms with E-state index in [-0.39, 0.29) is 30.3 Å². The first-order chi connectivity index (χ1) is 13.1. The number of nitrogens with one attached hydrogen (secondary N) is 3. The molecule has 7 nitrogen and oxygen atoms in total. The highest BCUT2D eigenvalue weighted by molar-refractivity contribution is 6.04. The van der Waals surface area contributed by atoms with Gasteiger partial charge in [-0.05, 0) is 62.9 Å². The molecule has 0 bridgehead atoms. The number of anilines is 1. The molecule has 1 aliphatic carbocycles. The van der Waals surface area contributed by atoms with Gasteiger partial charge in [-0.1, -0.05) is 6.07 Å². The van der Waals surface area contributed by atoms with E-state index in [1.807, 2.05) is 23.9 Å². The van der Waals surface area contributed by atoms with Gasteiger partial charge in [0.2, 0.25) is 0 Å². The summed E-state index contributed by atoms with van der Waals surface area (Å²) in [6.45, 7) is 3.82. The molecule has 0 radical (unpaired) electrons. The van der Waals surface area contributed by atoms with Crippen LogP contribution in [0.2, 0.25) is 0 Å². The van der Waals surface area contributed by atoms with Crippen LogP contribution in [-0.4, -0.2) is 40.7 Å². The van der Waals surface area contributed by atoms with Crippen LogP contribution in [-0.2, 0) is 0 Å². The van der Waals surface area contributed by atoms with Crippen LogP contribution in [0.1, 0.15) is 58.1 Å². The van der Waals surface area contributed by atoms with Gasteiger partial charge in [-0.2, -0.15) is 5.10 Å². The van der Waals surface area contributed by atoms with E-state index in [4.69, 9.17) is 0 Å². The molecule has 2 amide bonds. The SMILES string of the molecule is Cc1ccc(C(=O)NC2CC2)cc1NC(=O)c1ccn(C2CCCNC2)n1.Cl. The van der Waals surface area contributed by atoms with Crippen LogP contribution in [0, 0.1) is 6.92 Å². The number of hydrogen-bond acceptors (Lipinski definition) is 4. The molecule has 1 unspecified atom stereocenters. The highest BCUT2D eigenvalue weighted by Gasteiger charge is 2.24. The van der Waals surface area contributed by atoms with Gasteiger partial charge in [0.05, 0.1) is 6.04 Å². The van der Waals surface area contributed by atoms with E-state index in [0.29, 0.717) is 23.0 Å². The normalized spacial score (nSPS) is 18.8. The first-order valence-electron chi connectivity index (χ1n) is 9.59. The molecule has 2 heterocycles. The molecule has 1 aromatic carbocycles. The first kappa shape index (κ1) is 20.4. The molecular weight excluding hydrogens is 378 g/mol. The predicted octanol–water partition coefficient (Wildman–Crippen LogP) is 2.68. The van der Waals surface area contributed by atoms with Crippen LogP contribution in [0.15, 0.2) is 30.5 Å². The van der Waals surface area contributed by atoms with Crippen LogP contribution in [0.3, 0.4) is 0 Å². The fourth-order valence-electron chi connectivity index (χ4n) is 3.30. The number of aryl methyl sites for hydroxylation is 1. The summed E-state index contributed by atoms with van der Waals surface area (Å²) in [4.78, 5) is 24.9. The van der Waals surface area contributed by atoms with E-state index in [0.717, 1.165) is 44.3 Å². The van der Waals surface area contributed by atoms with Gasteiger partial charge in [-0.25, -0.2) is 0 Å². The number of carbonyl (C=O) groups excluding carboxylic acids is 2. The fraction of sp³-hybridized carbons (Fsp3) is 0.450. The zero-order chi connectivity index (χ0) is 18.8. The van der Waals surface area contributed by atoms with Gasteiger partial charge in [0.1, 0.15) is 0 Å². The van der Waals surface area contributed by atoms with Crippen LogP contribution < -0.4 is 16.0 Å². The first-order valence-corrected chi connectivity index (χ1v) is 9.59. The molecule has 1 atom stereocenters. The summed E-state index contributed by atoms with van der Waals surface area (Å²) in [5, 5.41) is 13.7. The van der Waals surface area contributed by atoms with Crippen molar-refractivity contribution in [3.8, 4) is 0 Å². The Kier molecular flexibility index (Phi) is 6.36. The quantitative estimate of drug-likeness (QED) is 0.716. The van der Waals surface area contributed by atoms with Crippen molar-refractivity contribution in [2.75, 3.05) is 18.4 Å². The molecule has 0 spiro atoms. The molecule has 28 heavy (non-hydrogen) atoms. The topological polar surface area (TPSA) is 88.0 Å². The lowest BCUT2D eigenvalue weighted by atomic mass is 10.1. The second kappa shape index (κ2) is 8.75. The van der Waals surface area contributed by atoms with Crippen LogP contribution in [0.5, 0.6) is 0 Å². The van der Waals surface area contributed by atoms with E-state index in [1.165, 1.54) is 0 Å². The summed E-state index contributed by atoms with van der Waals surface area (Å²) in [7, 11) is 0. The summed E-state index contributed by atoms with van der Waals surface area (Å²) < 4.78 is 1.87. The second-order valence-corrected chi connectivity index (χ2v) is 7.41. The monoisotopic (exact) mass is 403 g/mol. The smallest absolute Gasteiger partial charge is 0.276 e. The van der Waals surface area contributed by atoms with Crippen molar-refractivity contribution in [3.05, 3.63) is 47.3 Å². The number of benzene rings is 1. The third kappa shape index (κ3) is 4.72. The Morgan fingerprint density at radius 1 is 1.18 bits per heavy atom. The van der Waals surface area contributed by atoms with Crippen molar-refractivity contribution in [1.29, 1.82) is 0 Å². The molecule has 1 saturated heterocycles. The molecule has 3 N–H and O–H groups in total. The second-order valence-electron chi connectivity index (χ2n) is 7.41. The lowest BCUT2D eigenvalue weighted by Crippen LogP contribution is -2.32. The van der Waals surface area contributed by atoms with Gasteiger partial charge in [-0.3, -0.25) is 14.3 Å². The van der Waals surface area contributed by atoms with E-state index in [9.17, 15) is 9.59 Å². The standard InChI is InChI=1S/C20H25N5O2.ClH/c1-13-4-5-14(19(26)22-15-6-7-15)11-18(13)23-20(27)17-8-10-25(24-17)16-3-2-9-21-12-16;/h4-5,8,10-11,15-16,21H,2-3,6-7,9,12H2,1H3,(H,22,26)(H,23,27);1H. The number of halogens is 1. The minimum absolute atomic E-state index is 0. The molecule has 1 aromatic heterocycles. The summed E-state index contributed by atoms with van der Waals surface area (Å²) in [6.07, 6.45) is 6.12. The van der Waals surface area contributed by atoms with Crippen molar-refractivity contribution in [2.45, 2.75) is 44.7 Å². The average Bonchev–Trinajstić information content (AvgIpc) is 3.35. The van der Waals surface area contributed by atoms with E-state index < -0.39 is 0 Å². The third-order valence-corrected chi connectivity index (χ3v) is 5.15. The van der Waals surface area contributed by atoms with Crippen molar-refractivity contribution >= 4 is 29.9 Å². The lowest BCUT2D eigenvalue weighted by Gasteiger charge is -2.22. The number of carbonyl (C=O) groups is 2. The number of nitrogens with zero attached hydrogens (tertiary/aromatic N) is 2. The molecule has 2 fully saturated rings.